The fourth-order valence-electron chi connectivity index (χ4n) is 2.03. The average Bonchev–Trinajstić information content (AvgIpc) is 2.46. The number of ether oxygens (including phenoxy) is 1. The molecular weight excluding hydrogens is 315 g/mol. The molecule has 0 aromatic heterocycles. The molecule has 2 nitrogen and oxygen atoms in total. The monoisotopic (exact) mass is 331 g/mol. The quantitative estimate of drug-likeness (QED) is 0.887. The number of nitrogens with two attached hydrogens (primary N) is 1. The molecule has 0 aliphatic rings. The first-order chi connectivity index (χ1) is 9.89. The minimum atomic E-state index is -4.68. The van der Waals surface area contributed by atoms with Crippen LogP contribution >= 0.6 is 12.4 Å². The molecule has 0 saturated heterocycles. The van der Waals surface area contributed by atoms with E-state index in [2.05, 4.69) is 11.7 Å². The fraction of sp³-hybridized carbons (Fsp3) is 0.250. The maximum atomic E-state index is 12.1. The Balaban J connectivity index is 0.00000242. The van der Waals surface area contributed by atoms with Gasteiger partial charge in [-0.3, -0.25) is 0 Å². The minimum Gasteiger partial charge on any atom is -0.406 e. The predicted molar refractivity (Wildman–Crippen MR) is 82.2 cm³/mol. The smallest absolute Gasteiger partial charge is 0.406 e. The zero-order chi connectivity index (χ0) is 15.5. The fourth-order valence-corrected chi connectivity index (χ4v) is 2.03. The summed E-state index contributed by atoms with van der Waals surface area (Å²) in [5.41, 5.74) is 8.97. The molecular formula is C16H17ClF3NO. The summed E-state index contributed by atoms with van der Waals surface area (Å²) in [5, 5.41) is 0. The lowest BCUT2D eigenvalue weighted by Crippen LogP contribution is -2.17. The highest BCUT2D eigenvalue weighted by molar-refractivity contribution is 5.85. The molecule has 0 radical (unpaired) electrons. The maximum Gasteiger partial charge on any atom is 0.573 e. The average molecular weight is 332 g/mol. The zero-order valence-electron chi connectivity index (χ0n) is 11.9. The van der Waals surface area contributed by atoms with Crippen LogP contribution in [0.2, 0.25) is 0 Å². The molecule has 2 N–H and O–H groups in total. The van der Waals surface area contributed by atoms with Gasteiger partial charge in [0.1, 0.15) is 5.75 Å². The Morgan fingerprint density at radius 2 is 1.41 bits per heavy atom. The summed E-state index contributed by atoms with van der Waals surface area (Å²) in [6.07, 6.45) is -3.74. The standard InChI is InChI=1S/C16H16F3NO.ClH/c1-2-11-3-5-12(6-4-11)15(20)13-7-9-14(10-8-13)21-16(17,18)19;/h3-10,15H,2,20H2,1H3;1H/t15-;/m0./s1. The summed E-state index contributed by atoms with van der Waals surface area (Å²) in [6, 6.07) is 13.1. The Bertz CT molecular complexity index is 582. The lowest BCUT2D eigenvalue weighted by atomic mass is 9.98. The van der Waals surface area contributed by atoms with Gasteiger partial charge in [0.2, 0.25) is 0 Å². The molecule has 6 heteroatoms. The van der Waals surface area contributed by atoms with Crippen molar-refractivity contribution in [2.45, 2.75) is 25.7 Å². The van der Waals surface area contributed by atoms with Crippen LogP contribution in [0.1, 0.15) is 29.7 Å². The van der Waals surface area contributed by atoms with E-state index in [0.717, 1.165) is 17.5 Å². The molecule has 0 aliphatic carbocycles. The van der Waals surface area contributed by atoms with Gasteiger partial charge in [0.05, 0.1) is 6.04 Å². The summed E-state index contributed by atoms with van der Waals surface area (Å²) in [5.74, 6) is -0.250. The number of alkyl halides is 3. The van der Waals surface area contributed by atoms with Crippen LogP contribution in [0.25, 0.3) is 0 Å². The summed E-state index contributed by atoms with van der Waals surface area (Å²) in [4.78, 5) is 0. The molecule has 120 valence electrons. The van der Waals surface area contributed by atoms with Gasteiger partial charge in [0.25, 0.3) is 0 Å². The van der Waals surface area contributed by atoms with Crippen LogP contribution in [0.3, 0.4) is 0 Å². The highest BCUT2D eigenvalue weighted by atomic mass is 35.5. The molecule has 2 aromatic carbocycles. The number of aryl methyl sites for hydroxylation is 1. The molecule has 0 saturated carbocycles. The topological polar surface area (TPSA) is 35.2 Å². The molecule has 2 rings (SSSR count). The molecule has 0 unspecified atom stereocenters. The van der Waals surface area contributed by atoms with Crippen molar-refractivity contribution in [3.8, 4) is 5.75 Å². The van der Waals surface area contributed by atoms with E-state index in [1.54, 1.807) is 12.1 Å². The van der Waals surface area contributed by atoms with Gasteiger partial charge in [-0.2, -0.15) is 0 Å². The van der Waals surface area contributed by atoms with Gasteiger partial charge < -0.3 is 10.5 Å². The van der Waals surface area contributed by atoms with E-state index < -0.39 is 6.36 Å². The molecule has 0 aliphatic heterocycles. The van der Waals surface area contributed by atoms with Crippen LogP contribution < -0.4 is 10.5 Å². The Kier molecular flexibility index (Phi) is 6.26. The van der Waals surface area contributed by atoms with Gasteiger partial charge in [-0.05, 0) is 35.2 Å². The zero-order valence-corrected chi connectivity index (χ0v) is 12.7. The number of hydrogen-bond acceptors (Lipinski definition) is 2. The first-order valence-corrected chi connectivity index (χ1v) is 6.59. The second-order valence-electron chi connectivity index (χ2n) is 4.69. The Morgan fingerprint density at radius 3 is 1.82 bits per heavy atom. The van der Waals surface area contributed by atoms with Gasteiger partial charge in [-0.25, -0.2) is 0 Å². The molecule has 1 atom stereocenters. The van der Waals surface area contributed by atoms with Gasteiger partial charge in [-0.1, -0.05) is 43.3 Å². The summed E-state index contributed by atoms with van der Waals surface area (Å²) in [6.45, 7) is 2.06. The normalized spacial score (nSPS) is 12.4. The van der Waals surface area contributed by atoms with E-state index in [-0.39, 0.29) is 24.2 Å². The van der Waals surface area contributed by atoms with Crippen LogP contribution in [0.15, 0.2) is 48.5 Å². The molecule has 0 amide bonds. The van der Waals surface area contributed by atoms with Crippen LogP contribution in [0.5, 0.6) is 5.75 Å². The predicted octanol–water partition coefficient (Wildman–Crippen LogP) is 4.62. The lowest BCUT2D eigenvalue weighted by molar-refractivity contribution is -0.274. The summed E-state index contributed by atoms with van der Waals surface area (Å²) >= 11 is 0. The summed E-state index contributed by atoms with van der Waals surface area (Å²) < 4.78 is 40.1. The molecule has 0 spiro atoms. The van der Waals surface area contributed by atoms with Crippen LogP contribution in [-0.4, -0.2) is 6.36 Å². The maximum absolute atomic E-state index is 12.1. The van der Waals surface area contributed by atoms with Crippen molar-refractivity contribution in [2.75, 3.05) is 0 Å². The highest BCUT2D eigenvalue weighted by Gasteiger charge is 2.31. The van der Waals surface area contributed by atoms with E-state index in [9.17, 15) is 13.2 Å². The second-order valence-corrected chi connectivity index (χ2v) is 4.69. The Morgan fingerprint density at radius 1 is 0.955 bits per heavy atom. The molecule has 0 heterocycles. The van der Waals surface area contributed by atoms with E-state index in [0.29, 0.717) is 0 Å². The Labute approximate surface area is 133 Å². The number of hydrogen-bond donors (Lipinski definition) is 1. The van der Waals surface area contributed by atoms with E-state index >= 15 is 0 Å². The second kappa shape index (κ2) is 7.51. The van der Waals surface area contributed by atoms with Crippen molar-refractivity contribution in [1.29, 1.82) is 0 Å². The largest absolute Gasteiger partial charge is 0.573 e. The van der Waals surface area contributed by atoms with Crippen LogP contribution in [-0.2, 0) is 6.42 Å². The molecule has 0 fully saturated rings. The third kappa shape index (κ3) is 4.93. The van der Waals surface area contributed by atoms with Crippen LogP contribution in [0.4, 0.5) is 13.2 Å². The Hall–Kier alpha value is -1.72. The van der Waals surface area contributed by atoms with E-state index in [4.69, 9.17) is 5.73 Å². The molecule has 0 bridgehead atoms. The van der Waals surface area contributed by atoms with Crippen molar-refractivity contribution in [3.05, 3.63) is 65.2 Å². The number of halogens is 4. The van der Waals surface area contributed by atoms with Crippen LogP contribution in [0, 0.1) is 0 Å². The SMILES string of the molecule is CCc1ccc([C@H](N)c2ccc(OC(F)(F)F)cc2)cc1.Cl. The molecule has 22 heavy (non-hydrogen) atoms. The first kappa shape index (κ1) is 18.3. The van der Waals surface area contributed by atoms with E-state index in [1.807, 2.05) is 24.3 Å². The lowest BCUT2D eigenvalue weighted by Gasteiger charge is -2.14. The van der Waals surface area contributed by atoms with Crippen molar-refractivity contribution < 1.29 is 17.9 Å². The minimum absolute atomic E-state index is 0. The third-order valence-corrected chi connectivity index (χ3v) is 3.22. The van der Waals surface area contributed by atoms with Gasteiger partial charge in [0.15, 0.2) is 0 Å². The molecule has 2 aromatic rings. The van der Waals surface area contributed by atoms with Gasteiger partial charge >= 0.3 is 6.36 Å². The van der Waals surface area contributed by atoms with Crippen molar-refractivity contribution >= 4 is 12.4 Å². The van der Waals surface area contributed by atoms with Crippen molar-refractivity contribution in [2.24, 2.45) is 5.73 Å². The number of rotatable bonds is 4. The first-order valence-electron chi connectivity index (χ1n) is 6.59. The summed E-state index contributed by atoms with van der Waals surface area (Å²) in [7, 11) is 0. The van der Waals surface area contributed by atoms with Crippen molar-refractivity contribution in [3.63, 3.8) is 0 Å². The van der Waals surface area contributed by atoms with Crippen molar-refractivity contribution in [1.82, 2.24) is 0 Å². The van der Waals surface area contributed by atoms with Gasteiger partial charge in [-0.15, -0.1) is 25.6 Å². The third-order valence-electron chi connectivity index (χ3n) is 3.22. The van der Waals surface area contributed by atoms with Gasteiger partial charge in [0, 0.05) is 0 Å². The van der Waals surface area contributed by atoms with E-state index in [1.165, 1.54) is 17.7 Å². The number of benzene rings is 2. The highest BCUT2D eigenvalue weighted by Crippen LogP contribution is 2.26.